The molecular weight excluding hydrogens is 526 g/mol. The lowest BCUT2D eigenvalue weighted by atomic mass is 10.1. The number of carbonyl (C=O) groups excluding carboxylic acids is 2. The van der Waals surface area contributed by atoms with Crippen molar-refractivity contribution in [3.05, 3.63) is 89.2 Å². The normalized spacial score (nSPS) is 11.3. The first kappa shape index (κ1) is 28.6. The van der Waals surface area contributed by atoms with Crippen LogP contribution in [-0.2, 0) is 27.5 Å². The van der Waals surface area contributed by atoms with Gasteiger partial charge in [0, 0.05) is 25.8 Å². The van der Waals surface area contributed by atoms with Crippen molar-refractivity contribution in [2.75, 3.05) is 19.0 Å². The first-order chi connectivity index (χ1) is 19.2. The van der Waals surface area contributed by atoms with E-state index in [9.17, 15) is 14.4 Å². The fraction of sp³-hybridized carbons (Fsp3) is 0.276. The Kier molecular flexibility index (Phi) is 9.07. The maximum Gasteiger partial charge on any atom is 0.325 e. The van der Waals surface area contributed by atoms with E-state index in [1.165, 1.54) is 17.9 Å². The average molecular weight is 560 g/mol. The highest BCUT2D eigenvalue weighted by molar-refractivity contribution is 6.76. The van der Waals surface area contributed by atoms with Gasteiger partial charge in [0.25, 0.3) is 11.5 Å². The predicted octanol–water partition coefficient (Wildman–Crippen LogP) is 4.51. The molecule has 0 fully saturated rings. The Bertz CT molecular complexity index is 1530. The number of methoxy groups -OCH3 is 1. The Balaban J connectivity index is 1.50. The molecule has 0 spiro atoms. The molecule has 208 valence electrons. The van der Waals surface area contributed by atoms with Crippen LogP contribution in [0.5, 0.6) is 0 Å². The van der Waals surface area contributed by atoms with Crippen molar-refractivity contribution in [1.82, 2.24) is 19.1 Å². The molecule has 2 aromatic heterocycles. The number of amides is 1. The van der Waals surface area contributed by atoms with Gasteiger partial charge >= 0.3 is 5.97 Å². The standard InChI is InChI=1S/C29H33N5O5Si/c1-38-26(35)18-34-27(22-8-6-5-7-9-22)31-16-24(29(34)37)32-28(36)23-12-10-21(11-13-23)25-17-30-19-33(25)20-39-14-15-40(2,3)4/h5-13,16-17,19H,14-15,18,20H2,1-4H3,(H,32,36). The third kappa shape index (κ3) is 7.19. The number of esters is 1. The Labute approximate surface area is 233 Å². The first-order valence-electron chi connectivity index (χ1n) is 12.9. The highest BCUT2D eigenvalue weighted by Gasteiger charge is 2.18. The van der Waals surface area contributed by atoms with Gasteiger partial charge in [0.05, 0.1) is 31.5 Å². The van der Waals surface area contributed by atoms with E-state index in [1.807, 2.05) is 22.8 Å². The van der Waals surface area contributed by atoms with Crippen molar-refractivity contribution in [2.45, 2.75) is 39.0 Å². The second kappa shape index (κ2) is 12.7. The largest absolute Gasteiger partial charge is 0.468 e. The van der Waals surface area contributed by atoms with Crippen LogP contribution in [0.25, 0.3) is 22.6 Å². The van der Waals surface area contributed by atoms with Crippen LogP contribution in [0.1, 0.15) is 10.4 Å². The van der Waals surface area contributed by atoms with E-state index in [-0.39, 0.29) is 12.2 Å². The van der Waals surface area contributed by atoms with Crippen LogP contribution in [0.2, 0.25) is 25.7 Å². The van der Waals surface area contributed by atoms with Crippen LogP contribution >= 0.6 is 0 Å². The topological polar surface area (TPSA) is 117 Å². The molecule has 0 aliphatic heterocycles. The maximum atomic E-state index is 13.3. The molecular formula is C29H33N5O5Si. The zero-order valence-corrected chi connectivity index (χ0v) is 24.1. The first-order valence-corrected chi connectivity index (χ1v) is 16.6. The summed E-state index contributed by atoms with van der Waals surface area (Å²) in [4.78, 5) is 46.9. The minimum atomic E-state index is -1.17. The Morgan fingerprint density at radius 3 is 2.38 bits per heavy atom. The highest BCUT2D eigenvalue weighted by atomic mass is 28.3. The Morgan fingerprint density at radius 2 is 1.70 bits per heavy atom. The number of imidazole rings is 1. The molecule has 1 amide bonds. The zero-order chi connectivity index (χ0) is 28.7. The average Bonchev–Trinajstić information content (AvgIpc) is 3.42. The van der Waals surface area contributed by atoms with Crippen molar-refractivity contribution in [2.24, 2.45) is 0 Å². The van der Waals surface area contributed by atoms with Gasteiger partial charge in [-0.2, -0.15) is 0 Å². The summed E-state index contributed by atoms with van der Waals surface area (Å²) in [7, 11) is 0.0729. The van der Waals surface area contributed by atoms with Gasteiger partial charge in [-0.1, -0.05) is 62.1 Å². The van der Waals surface area contributed by atoms with E-state index in [2.05, 4.69) is 34.9 Å². The van der Waals surface area contributed by atoms with Crippen LogP contribution in [0.3, 0.4) is 0 Å². The SMILES string of the molecule is COC(=O)Cn1c(-c2ccccc2)ncc(NC(=O)c2ccc(-c3cncn3COCC[Si](C)(C)C)cc2)c1=O. The van der Waals surface area contributed by atoms with Gasteiger partial charge in [0.2, 0.25) is 0 Å². The van der Waals surface area contributed by atoms with Gasteiger partial charge in [-0.05, 0) is 23.7 Å². The number of nitrogens with one attached hydrogen (secondary N) is 1. The third-order valence-corrected chi connectivity index (χ3v) is 7.93. The smallest absolute Gasteiger partial charge is 0.325 e. The minimum Gasteiger partial charge on any atom is -0.468 e. The summed E-state index contributed by atoms with van der Waals surface area (Å²) in [6.07, 6.45) is 4.77. The van der Waals surface area contributed by atoms with Gasteiger partial charge in [-0.25, -0.2) is 9.97 Å². The van der Waals surface area contributed by atoms with E-state index in [0.717, 1.165) is 17.3 Å². The van der Waals surface area contributed by atoms with E-state index >= 15 is 0 Å². The van der Waals surface area contributed by atoms with E-state index in [1.54, 1.807) is 48.9 Å². The summed E-state index contributed by atoms with van der Waals surface area (Å²) in [5.41, 5.74) is 2.13. The van der Waals surface area contributed by atoms with Gasteiger partial charge in [-0.3, -0.25) is 19.0 Å². The lowest BCUT2D eigenvalue weighted by Crippen LogP contribution is -2.30. The van der Waals surface area contributed by atoms with E-state index in [0.29, 0.717) is 30.3 Å². The molecule has 0 bridgehead atoms. The van der Waals surface area contributed by atoms with Gasteiger partial charge in [0.15, 0.2) is 0 Å². The fourth-order valence-electron chi connectivity index (χ4n) is 3.93. The molecule has 0 radical (unpaired) electrons. The van der Waals surface area contributed by atoms with Crippen LogP contribution in [0.15, 0.2) is 78.1 Å². The van der Waals surface area contributed by atoms with Crippen LogP contribution in [0, 0.1) is 0 Å². The number of hydrogen-bond donors (Lipinski definition) is 1. The van der Waals surface area contributed by atoms with E-state index in [4.69, 9.17) is 9.47 Å². The minimum absolute atomic E-state index is 0.0498. The number of ether oxygens (including phenoxy) is 2. The second-order valence-corrected chi connectivity index (χ2v) is 16.1. The van der Waals surface area contributed by atoms with Crippen molar-refractivity contribution < 1.29 is 19.1 Å². The molecule has 4 aromatic rings. The molecule has 0 aliphatic carbocycles. The summed E-state index contributed by atoms with van der Waals surface area (Å²) in [6, 6.07) is 17.1. The summed E-state index contributed by atoms with van der Waals surface area (Å²) in [6.45, 7) is 7.68. The monoisotopic (exact) mass is 559 g/mol. The molecule has 0 saturated heterocycles. The zero-order valence-electron chi connectivity index (χ0n) is 23.1. The molecule has 1 N–H and O–H groups in total. The van der Waals surface area contributed by atoms with Crippen LogP contribution < -0.4 is 10.9 Å². The maximum absolute atomic E-state index is 13.3. The van der Waals surface area contributed by atoms with Crippen molar-refractivity contribution in [3.8, 4) is 22.6 Å². The van der Waals surface area contributed by atoms with Gasteiger partial charge in [-0.15, -0.1) is 0 Å². The lowest BCUT2D eigenvalue weighted by Gasteiger charge is -2.16. The van der Waals surface area contributed by atoms with E-state index < -0.39 is 25.5 Å². The molecule has 2 heterocycles. The van der Waals surface area contributed by atoms with Crippen LogP contribution in [0.4, 0.5) is 5.69 Å². The number of aromatic nitrogens is 4. The van der Waals surface area contributed by atoms with Gasteiger partial charge in [0.1, 0.15) is 24.8 Å². The molecule has 11 heteroatoms. The number of carbonyl (C=O) groups is 2. The molecule has 0 saturated carbocycles. The van der Waals surface area contributed by atoms with Crippen LogP contribution in [-0.4, -0.2) is 52.8 Å². The van der Waals surface area contributed by atoms with Crippen molar-refractivity contribution in [3.63, 3.8) is 0 Å². The number of benzene rings is 2. The van der Waals surface area contributed by atoms with Crippen molar-refractivity contribution in [1.29, 1.82) is 0 Å². The molecule has 0 atom stereocenters. The highest BCUT2D eigenvalue weighted by Crippen LogP contribution is 2.21. The predicted molar refractivity (Wildman–Crippen MR) is 156 cm³/mol. The summed E-state index contributed by atoms with van der Waals surface area (Å²) >= 11 is 0. The number of rotatable bonds is 11. The second-order valence-electron chi connectivity index (χ2n) is 10.5. The Morgan fingerprint density at radius 1 is 0.975 bits per heavy atom. The molecule has 40 heavy (non-hydrogen) atoms. The molecule has 2 aromatic carbocycles. The molecule has 0 unspecified atom stereocenters. The molecule has 10 nitrogen and oxygen atoms in total. The van der Waals surface area contributed by atoms with Crippen molar-refractivity contribution >= 4 is 25.6 Å². The third-order valence-electron chi connectivity index (χ3n) is 6.22. The number of hydrogen-bond acceptors (Lipinski definition) is 7. The number of anilines is 1. The Hall–Kier alpha value is -4.35. The van der Waals surface area contributed by atoms with Gasteiger partial charge < -0.3 is 19.4 Å². The summed E-state index contributed by atoms with van der Waals surface area (Å²) in [5.74, 6) is -0.800. The summed E-state index contributed by atoms with van der Waals surface area (Å²) in [5, 5.41) is 2.63. The summed E-state index contributed by atoms with van der Waals surface area (Å²) < 4.78 is 13.7. The fourth-order valence-corrected chi connectivity index (χ4v) is 4.68. The number of nitrogens with zero attached hydrogens (tertiary/aromatic N) is 4. The lowest BCUT2D eigenvalue weighted by molar-refractivity contribution is -0.141. The quantitative estimate of drug-likeness (QED) is 0.163. The molecule has 4 rings (SSSR count). The molecule has 0 aliphatic rings.